The lowest BCUT2D eigenvalue weighted by molar-refractivity contribution is -0.133. The maximum atomic E-state index is 12.0. The van der Waals surface area contributed by atoms with Crippen LogP contribution in [0, 0.1) is 5.92 Å². The van der Waals surface area contributed by atoms with Crippen molar-refractivity contribution in [1.29, 1.82) is 0 Å². The van der Waals surface area contributed by atoms with E-state index in [0.717, 1.165) is 19.4 Å². The lowest BCUT2D eigenvalue weighted by Gasteiger charge is -2.26. The van der Waals surface area contributed by atoms with Crippen molar-refractivity contribution in [2.45, 2.75) is 39.7 Å². The molecule has 0 aromatic carbocycles. The van der Waals surface area contributed by atoms with Gasteiger partial charge < -0.3 is 10.6 Å². The predicted octanol–water partition coefficient (Wildman–Crippen LogP) is 1.78. The fourth-order valence-electron chi connectivity index (χ4n) is 1.43. The molecule has 15 heavy (non-hydrogen) atoms. The number of nitrogens with zero attached hydrogens (tertiary/aromatic N) is 1. The Balaban J connectivity index is 4.40. The summed E-state index contributed by atoms with van der Waals surface area (Å²) in [5.41, 5.74) is 5.91. The van der Waals surface area contributed by atoms with Crippen LogP contribution in [0.3, 0.4) is 0 Å². The number of rotatable bonds is 7. The van der Waals surface area contributed by atoms with E-state index in [1.165, 1.54) is 0 Å². The van der Waals surface area contributed by atoms with Crippen molar-refractivity contribution in [3.8, 4) is 0 Å². The number of amides is 1. The molecular formula is C12H24N2O. The molecule has 0 rings (SSSR count). The maximum Gasteiger partial charge on any atom is 0.240 e. The zero-order valence-corrected chi connectivity index (χ0v) is 10.2. The molecule has 3 heteroatoms. The number of nitrogens with two attached hydrogens (primary N) is 1. The van der Waals surface area contributed by atoms with E-state index in [-0.39, 0.29) is 17.9 Å². The topological polar surface area (TPSA) is 46.3 Å². The monoisotopic (exact) mass is 212 g/mol. The number of hydrogen-bond donors (Lipinski definition) is 1. The highest BCUT2D eigenvalue weighted by atomic mass is 16.2. The van der Waals surface area contributed by atoms with Gasteiger partial charge in [0.25, 0.3) is 0 Å². The summed E-state index contributed by atoms with van der Waals surface area (Å²) in [7, 11) is 0. The van der Waals surface area contributed by atoms with Crippen LogP contribution in [0.15, 0.2) is 12.7 Å². The van der Waals surface area contributed by atoms with E-state index in [1.807, 2.05) is 6.92 Å². The lowest BCUT2D eigenvalue weighted by Crippen LogP contribution is -2.47. The third-order valence-electron chi connectivity index (χ3n) is 2.70. The van der Waals surface area contributed by atoms with Gasteiger partial charge in [0.2, 0.25) is 5.91 Å². The third-order valence-corrected chi connectivity index (χ3v) is 2.70. The summed E-state index contributed by atoms with van der Waals surface area (Å²) >= 11 is 0. The molecule has 0 aliphatic heterocycles. The Labute approximate surface area is 93.3 Å². The zero-order valence-electron chi connectivity index (χ0n) is 10.2. The molecule has 0 bridgehead atoms. The van der Waals surface area contributed by atoms with E-state index in [0.29, 0.717) is 6.54 Å². The molecule has 0 aliphatic carbocycles. The molecule has 0 aromatic rings. The van der Waals surface area contributed by atoms with Gasteiger partial charge in [0, 0.05) is 13.1 Å². The lowest BCUT2D eigenvalue weighted by atomic mass is 9.99. The fraction of sp³-hybridized carbons (Fsp3) is 0.750. The fourth-order valence-corrected chi connectivity index (χ4v) is 1.43. The minimum Gasteiger partial charge on any atom is -0.338 e. The Hall–Kier alpha value is -0.830. The molecule has 0 aromatic heterocycles. The molecule has 0 saturated carbocycles. The highest BCUT2D eigenvalue weighted by Gasteiger charge is 2.23. The quantitative estimate of drug-likeness (QED) is 0.654. The van der Waals surface area contributed by atoms with Gasteiger partial charge in [-0.25, -0.2) is 0 Å². The molecule has 0 heterocycles. The van der Waals surface area contributed by atoms with Gasteiger partial charge in [-0.1, -0.05) is 33.3 Å². The average molecular weight is 212 g/mol. The van der Waals surface area contributed by atoms with Crippen molar-refractivity contribution in [1.82, 2.24) is 4.90 Å². The molecule has 88 valence electrons. The maximum absolute atomic E-state index is 12.0. The summed E-state index contributed by atoms with van der Waals surface area (Å²) in [6.45, 7) is 11.1. The Morgan fingerprint density at radius 3 is 2.53 bits per heavy atom. The van der Waals surface area contributed by atoms with E-state index in [2.05, 4.69) is 20.4 Å². The first kappa shape index (κ1) is 14.2. The van der Waals surface area contributed by atoms with E-state index >= 15 is 0 Å². The van der Waals surface area contributed by atoms with Crippen molar-refractivity contribution in [2.75, 3.05) is 13.1 Å². The van der Waals surface area contributed by atoms with Crippen LogP contribution in [0.25, 0.3) is 0 Å². The second-order valence-corrected chi connectivity index (χ2v) is 3.98. The molecule has 3 nitrogen and oxygen atoms in total. The summed E-state index contributed by atoms with van der Waals surface area (Å²) in [6.07, 6.45) is 3.63. The number of carbonyl (C=O) groups excluding carboxylic acids is 1. The normalized spacial score (nSPS) is 14.4. The van der Waals surface area contributed by atoms with Crippen molar-refractivity contribution in [2.24, 2.45) is 11.7 Å². The van der Waals surface area contributed by atoms with Crippen molar-refractivity contribution < 1.29 is 4.79 Å². The van der Waals surface area contributed by atoms with Crippen LogP contribution in [-0.2, 0) is 4.79 Å². The molecule has 2 N–H and O–H groups in total. The van der Waals surface area contributed by atoms with Crippen molar-refractivity contribution in [3.63, 3.8) is 0 Å². The summed E-state index contributed by atoms with van der Waals surface area (Å²) in [6, 6.07) is -0.374. The number of carbonyl (C=O) groups is 1. The molecule has 1 unspecified atom stereocenters. The van der Waals surface area contributed by atoms with Crippen LogP contribution in [0.1, 0.15) is 33.6 Å². The van der Waals surface area contributed by atoms with Gasteiger partial charge in [-0.2, -0.15) is 0 Å². The molecule has 0 radical (unpaired) electrons. The average Bonchev–Trinajstić information content (AvgIpc) is 2.25. The molecule has 0 saturated heterocycles. The largest absolute Gasteiger partial charge is 0.338 e. The third kappa shape index (κ3) is 4.47. The molecule has 2 atom stereocenters. The van der Waals surface area contributed by atoms with Crippen molar-refractivity contribution >= 4 is 5.91 Å². The van der Waals surface area contributed by atoms with Gasteiger partial charge in [0.1, 0.15) is 0 Å². The Morgan fingerprint density at radius 2 is 2.13 bits per heavy atom. The van der Waals surface area contributed by atoms with Crippen LogP contribution in [0.5, 0.6) is 0 Å². The first-order chi connectivity index (χ1) is 7.08. The first-order valence-corrected chi connectivity index (χ1v) is 5.73. The zero-order chi connectivity index (χ0) is 11.8. The van der Waals surface area contributed by atoms with Crippen LogP contribution >= 0.6 is 0 Å². The highest BCUT2D eigenvalue weighted by Crippen LogP contribution is 2.08. The Kier molecular flexibility index (Phi) is 7.05. The molecule has 1 amide bonds. The van der Waals surface area contributed by atoms with Crippen LogP contribution in [-0.4, -0.2) is 29.9 Å². The van der Waals surface area contributed by atoms with E-state index in [1.54, 1.807) is 11.0 Å². The van der Waals surface area contributed by atoms with Gasteiger partial charge in [0.15, 0.2) is 0 Å². The van der Waals surface area contributed by atoms with Gasteiger partial charge in [-0.05, 0) is 12.3 Å². The number of hydrogen-bond acceptors (Lipinski definition) is 2. The molecule has 0 spiro atoms. The van der Waals surface area contributed by atoms with E-state index in [4.69, 9.17) is 5.73 Å². The van der Waals surface area contributed by atoms with Crippen LogP contribution in [0.2, 0.25) is 0 Å². The van der Waals surface area contributed by atoms with Gasteiger partial charge in [-0.3, -0.25) is 4.79 Å². The summed E-state index contributed by atoms with van der Waals surface area (Å²) in [5, 5.41) is 0. The Morgan fingerprint density at radius 1 is 1.53 bits per heavy atom. The summed E-state index contributed by atoms with van der Waals surface area (Å²) < 4.78 is 0. The molecule has 0 fully saturated rings. The van der Waals surface area contributed by atoms with Crippen LogP contribution in [0.4, 0.5) is 0 Å². The summed E-state index contributed by atoms with van der Waals surface area (Å²) in [5.74, 6) is 0.285. The minimum atomic E-state index is -0.374. The van der Waals surface area contributed by atoms with Crippen LogP contribution < -0.4 is 5.73 Å². The second kappa shape index (κ2) is 7.46. The highest BCUT2D eigenvalue weighted by molar-refractivity contribution is 5.82. The smallest absolute Gasteiger partial charge is 0.240 e. The van der Waals surface area contributed by atoms with E-state index < -0.39 is 0 Å². The standard InChI is InChI=1S/C12H24N2O/c1-5-8-14(9-6-2)12(15)11(13)10(4)7-3/h5,10-11H,1,6-9,13H2,2-4H3/t10?,11-/m0/s1. The summed E-state index contributed by atoms with van der Waals surface area (Å²) in [4.78, 5) is 13.8. The Bertz CT molecular complexity index is 204. The van der Waals surface area contributed by atoms with Gasteiger partial charge in [0.05, 0.1) is 6.04 Å². The minimum absolute atomic E-state index is 0.0473. The van der Waals surface area contributed by atoms with Gasteiger partial charge >= 0.3 is 0 Å². The first-order valence-electron chi connectivity index (χ1n) is 5.73. The second-order valence-electron chi connectivity index (χ2n) is 3.98. The molecular weight excluding hydrogens is 188 g/mol. The van der Waals surface area contributed by atoms with Crippen molar-refractivity contribution in [3.05, 3.63) is 12.7 Å². The predicted molar refractivity (Wildman–Crippen MR) is 64.5 cm³/mol. The SMILES string of the molecule is C=CCN(CCC)C(=O)[C@@H](N)C(C)CC. The van der Waals surface area contributed by atoms with E-state index in [9.17, 15) is 4.79 Å². The molecule has 0 aliphatic rings. The van der Waals surface area contributed by atoms with Gasteiger partial charge in [-0.15, -0.1) is 6.58 Å².